The average molecular weight is 489 g/mol. The van der Waals surface area contributed by atoms with Gasteiger partial charge in [-0.3, -0.25) is 14.4 Å². The number of ether oxygens (including phenoxy) is 1. The van der Waals surface area contributed by atoms with Crippen molar-refractivity contribution in [1.29, 1.82) is 0 Å². The maximum atomic E-state index is 13.7. The lowest BCUT2D eigenvalue weighted by Crippen LogP contribution is -2.20. The van der Waals surface area contributed by atoms with E-state index in [-0.39, 0.29) is 28.4 Å². The number of carbonyl (C=O) groups is 3. The number of halogens is 4. The van der Waals surface area contributed by atoms with Crippen LogP contribution in [0.5, 0.6) is 5.75 Å². The summed E-state index contributed by atoms with van der Waals surface area (Å²) < 4.78 is 57.4. The molecule has 11 heteroatoms. The molecule has 3 N–H and O–H groups in total. The van der Waals surface area contributed by atoms with Gasteiger partial charge in [-0.05, 0) is 60.7 Å². The maximum absolute atomic E-state index is 13.7. The summed E-state index contributed by atoms with van der Waals surface area (Å²) in [6.45, 7) is 0.757. The highest BCUT2D eigenvalue weighted by Crippen LogP contribution is 2.30. The Morgan fingerprint density at radius 2 is 1.54 bits per heavy atom. The van der Waals surface area contributed by atoms with Crippen LogP contribution in [0.15, 0.2) is 66.7 Å². The third kappa shape index (κ3) is 7.29. The van der Waals surface area contributed by atoms with Crippen LogP contribution in [0, 0.1) is 5.82 Å². The van der Waals surface area contributed by atoms with Crippen LogP contribution in [0.25, 0.3) is 0 Å². The van der Waals surface area contributed by atoms with E-state index in [1.807, 2.05) is 0 Å². The molecule has 0 saturated heterocycles. The zero-order valence-corrected chi connectivity index (χ0v) is 18.2. The number of hydrogen-bond donors (Lipinski definition) is 3. The highest BCUT2D eigenvalue weighted by atomic mass is 19.4. The molecule has 0 saturated carbocycles. The number of nitrogens with one attached hydrogen (secondary N) is 3. The van der Waals surface area contributed by atoms with Gasteiger partial charge in [0.05, 0.1) is 11.3 Å². The van der Waals surface area contributed by atoms with Crippen LogP contribution in [0.3, 0.4) is 0 Å². The van der Waals surface area contributed by atoms with Crippen LogP contribution < -0.4 is 20.7 Å². The second kappa shape index (κ2) is 10.7. The van der Waals surface area contributed by atoms with Gasteiger partial charge in [0.25, 0.3) is 11.8 Å². The van der Waals surface area contributed by atoms with Gasteiger partial charge in [0, 0.05) is 23.9 Å². The topological polar surface area (TPSA) is 96.5 Å². The lowest BCUT2D eigenvalue weighted by Gasteiger charge is -2.11. The summed E-state index contributed by atoms with van der Waals surface area (Å²) >= 11 is 0. The van der Waals surface area contributed by atoms with Crippen LogP contribution in [-0.4, -0.2) is 24.3 Å². The summed E-state index contributed by atoms with van der Waals surface area (Å²) in [6, 6.07) is 13.6. The van der Waals surface area contributed by atoms with Gasteiger partial charge in [0.2, 0.25) is 5.91 Å². The first-order valence-corrected chi connectivity index (χ1v) is 10.1. The average Bonchev–Trinajstić information content (AvgIpc) is 2.79. The molecule has 0 heterocycles. The molecule has 0 bridgehead atoms. The summed E-state index contributed by atoms with van der Waals surface area (Å²) in [7, 11) is 0. The van der Waals surface area contributed by atoms with Crippen molar-refractivity contribution in [2.24, 2.45) is 0 Å². The fraction of sp³-hybridized carbons (Fsp3) is 0.125. The Kier molecular flexibility index (Phi) is 7.69. The molecule has 0 aliphatic heterocycles. The highest BCUT2D eigenvalue weighted by Gasteiger charge is 2.30. The second-order valence-corrected chi connectivity index (χ2v) is 7.27. The number of carbonyl (C=O) groups excluding carboxylic acids is 3. The SMILES string of the molecule is CC(=O)Nc1cc(NC(=O)c2ccc(OCC(=O)Nc3cccc(C(F)(F)F)c3)cc2)ccc1F. The maximum Gasteiger partial charge on any atom is 0.416 e. The Morgan fingerprint density at radius 1 is 0.857 bits per heavy atom. The largest absolute Gasteiger partial charge is 0.484 e. The first kappa shape index (κ1) is 25.2. The number of hydrogen-bond acceptors (Lipinski definition) is 4. The predicted molar refractivity (Wildman–Crippen MR) is 121 cm³/mol. The van der Waals surface area contributed by atoms with Crippen molar-refractivity contribution in [2.75, 3.05) is 22.6 Å². The molecule has 3 aromatic carbocycles. The summed E-state index contributed by atoms with van der Waals surface area (Å²) in [5.74, 6) is -2.06. The van der Waals surface area contributed by atoms with Crippen molar-refractivity contribution in [1.82, 2.24) is 0 Å². The fourth-order valence-electron chi connectivity index (χ4n) is 2.91. The quantitative estimate of drug-likeness (QED) is 0.404. The summed E-state index contributed by atoms with van der Waals surface area (Å²) in [4.78, 5) is 35.6. The van der Waals surface area contributed by atoms with Crippen molar-refractivity contribution in [3.8, 4) is 5.75 Å². The Hall–Kier alpha value is -4.41. The number of benzene rings is 3. The Morgan fingerprint density at radius 3 is 2.20 bits per heavy atom. The van der Waals surface area contributed by atoms with E-state index in [2.05, 4.69) is 16.0 Å². The minimum Gasteiger partial charge on any atom is -0.484 e. The molecule has 0 aliphatic carbocycles. The third-order valence-electron chi connectivity index (χ3n) is 4.50. The molecular weight excluding hydrogens is 470 g/mol. The first-order valence-electron chi connectivity index (χ1n) is 10.1. The smallest absolute Gasteiger partial charge is 0.416 e. The number of anilines is 3. The van der Waals surface area contributed by atoms with Crippen molar-refractivity contribution in [3.05, 3.63) is 83.7 Å². The molecule has 3 rings (SSSR count). The van der Waals surface area contributed by atoms with Gasteiger partial charge in [-0.25, -0.2) is 4.39 Å². The van der Waals surface area contributed by atoms with Gasteiger partial charge >= 0.3 is 6.18 Å². The summed E-state index contributed by atoms with van der Waals surface area (Å²) in [5, 5.41) is 7.21. The van der Waals surface area contributed by atoms with Gasteiger partial charge < -0.3 is 20.7 Å². The minimum absolute atomic E-state index is 0.0251. The number of amides is 3. The molecule has 0 atom stereocenters. The van der Waals surface area contributed by atoms with E-state index < -0.39 is 41.9 Å². The van der Waals surface area contributed by atoms with Gasteiger partial charge in [-0.1, -0.05) is 6.07 Å². The van der Waals surface area contributed by atoms with E-state index in [1.54, 1.807) is 0 Å². The molecule has 182 valence electrons. The molecule has 0 spiro atoms. The first-order chi connectivity index (χ1) is 16.5. The minimum atomic E-state index is -4.53. The highest BCUT2D eigenvalue weighted by molar-refractivity contribution is 6.04. The monoisotopic (exact) mass is 489 g/mol. The van der Waals surface area contributed by atoms with E-state index in [4.69, 9.17) is 4.74 Å². The van der Waals surface area contributed by atoms with Gasteiger partial charge in [-0.2, -0.15) is 13.2 Å². The second-order valence-electron chi connectivity index (χ2n) is 7.27. The Bertz CT molecular complexity index is 1240. The summed E-state index contributed by atoms with van der Waals surface area (Å²) in [5.41, 5.74) is -0.509. The van der Waals surface area contributed by atoms with Gasteiger partial charge in [0.15, 0.2) is 6.61 Å². The van der Waals surface area contributed by atoms with Crippen molar-refractivity contribution >= 4 is 34.8 Å². The molecular formula is C24H19F4N3O4. The zero-order valence-electron chi connectivity index (χ0n) is 18.2. The van der Waals surface area contributed by atoms with Gasteiger partial charge in [0.1, 0.15) is 11.6 Å². The normalized spacial score (nSPS) is 10.9. The predicted octanol–water partition coefficient (Wildman–Crippen LogP) is 5.07. The molecule has 0 unspecified atom stereocenters. The van der Waals surface area contributed by atoms with E-state index in [1.165, 1.54) is 55.5 Å². The molecule has 3 amide bonds. The summed E-state index contributed by atoms with van der Waals surface area (Å²) in [6.07, 6.45) is -4.53. The molecule has 0 fully saturated rings. The molecule has 0 aromatic heterocycles. The molecule has 3 aromatic rings. The standard InChI is InChI=1S/C24H19F4N3O4/c1-14(32)29-21-12-18(7-10-20(21)25)31-23(34)15-5-8-19(9-6-15)35-13-22(33)30-17-4-2-3-16(11-17)24(26,27)28/h2-12H,13H2,1H3,(H,29,32)(H,30,33)(H,31,34). The Labute approximate surface area is 197 Å². The van der Waals surface area contributed by atoms with E-state index in [0.717, 1.165) is 18.2 Å². The van der Waals surface area contributed by atoms with Crippen molar-refractivity contribution < 1.29 is 36.7 Å². The molecule has 35 heavy (non-hydrogen) atoms. The van der Waals surface area contributed by atoms with E-state index in [9.17, 15) is 31.9 Å². The lowest BCUT2D eigenvalue weighted by molar-refractivity contribution is -0.137. The zero-order chi connectivity index (χ0) is 25.6. The van der Waals surface area contributed by atoms with Crippen LogP contribution in [0.4, 0.5) is 34.6 Å². The van der Waals surface area contributed by atoms with E-state index in [0.29, 0.717) is 0 Å². The number of alkyl halides is 3. The lowest BCUT2D eigenvalue weighted by atomic mass is 10.2. The molecule has 0 radical (unpaired) electrons. The van der Waals surface area contributed by atoms with Crippen LogP contribution in [0.1, 0.15) is 22.8 Å². The molecule has 0 aliphatic rings. The third-order valence-corrected chi connectivity index (χ3v) is 4.50. The fourth-order valence-corrected chi connectivity index (χ4v) is 2.91. The Balaban J connectivity index is 1.55. The van der Waals surface area contributed by atoms with Crippen LogP contribution in [0.2, 0.25) is 0 Å². The van der Waals surface area contributed by atoms with Crippen LogP contribution in [-0.2, 0) is 15.8 Å². The van der Waals surface area contributed by atoms with Crippen molar-refractivity contribution in [3.63, 3.8) is 0 Å². The van der Waals surface area contributed by atoms with Gasteiger partial charge in [-0.15, -0.1) is 0 Å². The van der Waals surface area contributed by atoms with Crippen molar-refractivity contribution in [2.45, 2.75) is 13.1 Å². The van der Waals surface area contributed by atoms with E-state index >= 15 is 0 Å². The number of rotatable bonds is 7. The molecule has 7 nitrogen and oxygen atoms in total. The van der Waals surface area contributed by atoms with Crippen LogP contribution >= 0.6 is 0 Å².